The standard InChI is InChI=1S/C13H19FN2O2S2/c1-9(2)16(7-6-13(15)19)20(17,18)12-5-4-11(14)8-10(12)3/h4-5,8-9H,6-7H2,1-3H3,(H2,15,19). The minimum atomic E-state index is -3.69. The Morgan fingerprint density at radius 3 is 2.50 bits per heavy atom. The molecule has 1 aromatic carbocycles. The van der Waals surface area contributed by atoms with Crippen LogP contribution < -0.4 is 5.73 Å². The summed E-state index contributed by atoms with van der Waals surface area (Å²) < 4.78 is 39.7. The van der Waals surface area contributed by atoms with Crippen molar-refractivity contribution >= 4 is 27.2 Å². The van der Waals surface area contributed by atoms with Gasteiger partial charge in [-0.1, -0.05) is 12.2 Å². The first kappa shape index (κ1) is 17.0. The molecule has 0 heterocycles. The summed E-state index contributed by atoms with van der Waals surface area (Å²) in [5.74, 6) is -0.458. The minimum Gasteiger partial charge on any atom is -0.393 e. The van der Waals surface area contributed by atoms with Crippen LogP contribution in [-0.4, -0.2) is 30.3 Å². The highest BCUT2D eigenvalue weighted by atomic mass is 32.2. The maximum Gasteiger partial charge on any atom is 0.243 e. The lowest BCUT2D eigenvalue weighted by Crippen LogP contribution is -2.39. The second-order valence-corrected chi connectivity index (χ2v) is 7.22. The lowest BCUT2D eigenvalue weighted by molar-refractivity contribution is 0.362. The van der Waals surface area contributed by atoms with Crippen LogP contribution >= 0.6 is 12.2 Å². The zero-order valence-electron chi connectivity index (χ0n) is 11.8. The molecule has 0 fully saturated rings. The van der Waals surface area contributed by atoms with Crippen molar-refractivity contribution in [2.24, 2.45) is 5.73 Å². The molecule has 1 aromatic rings. The van der Waals surface area contributed by atoms with Gasteiger partial charge < -0.3 is 5.73 Å². The van der Waals surface area contributed by atoms with Crippen LogP contribution in [0.2, 0.25) is 0 Å². The Morgan fingerprint density at radius 1 is 1.45 bits per heavy atom. The van der Waals surface area contributed by atoms with Gasteiger partial charge in [0.25, 0.3) is 0 Å². The first-order valence-corrected chi connectivity index (χ1v) is 8.07. The van der Waals surface area contributed by atoms with Crippen LogP contribution in [0.3, 0.4) is 0 Å². The second kappa shape index (κ2) is 6.60. The van der Waals surface area contributed by atoms with Gasteiger partial charge >= 0.3 is 0 Å². The Morgan fingerprint density at radius 2 is 2.05 bits per heavy atom. The number of rotatable bonds is 6. The van der Waals surface area contributed by atoms with E-state index in [9.17, 15) is 12.8 Å². The summed E-state index contributed by atoms with van der Waals surface area (Å²) in [6, 6.07) is 3.40. The molecule has 4 nitrogen and oxygen atoms in total. The normalized spacial score (nSPS) is 12.1. The molecule has 0 spiro atoms. The highest BCUT2D eigenvalue weighted by Gasteiger charge is 2.28. The van der Waals surface area contributed by atoms with Gasteiger partial charge in [-0.05, 0) is 44.5 Å². The van der Waals surface area contributed by atoms with Gasteiger partial charge in [0, 0.05) is 19.0 Å². The van der Waals surface area contributed by atoms with Gasteiger partial charge in [0.1, 0.15) is 5.82 Å². The fourth-order valence-electron chi connectivity index (χ4n) is 1.90. The lowest BCUT2D eigenvalue weighted by Gasteiger charge is -2.26. The third kappa shape index (κ3) is 3.97. The van der Waals surface area contributed by atoms with Crippen molar-refractivity contribution < 1.29 is 12.8 Å². The summed E-state index contributed by atoms with van der Waals surface area (Å²) in [6.07, 6.45) is 0.312. The van der Waals surface area contributed by atoms with Gasteiger partial charge in [-0.15, -0.1) is 0 Å². The number of aryl methyl sites for hydroxylation is 1. The van der Waals surface area contributed by atoms with E-state index in [1.165, 1.54) is 16.4 Å². The number of hydrogen-bond donors (Lipinski definition) is 1. The second-order valence-electron chi connectivity index (χ2n) is 4.84. The summed E-state index contributed by atoms with van der Waals surface area (Å²) in [5.41, 5.74) is 5.81. The maximum absolute atomic E-state index is 13.1. The van der Waals surface area contributed by atoms with Crippen molar-refractivity contribution in [3.8, 4) is 0 Å². The summed E-state index contributed by atoms with van der Waals surface area (Å²) in [5, 5.41) is 0. The van der Waals surface area contributed by atoms with Crippen LogP contribution in [0.25, 0.3) is 0 Å². The zero-order chi connectivity index (χ0) is 15.5. The predicted octanol–water partition coefficient (Wildman–Crippen LogP) is 2.21. The van der Waals surface area contributed by atoms with E-state index in [4.69, 9.17) is 18.0 Å². The first-order valence-electron chi connectivity index (χ1n) is 6.22. The van der Waals surface area contributed by atoms with Gasteiger partial charge in [-0.25, -0.2) is 12.8 Å². The van der Waals surface area contributed by atoms with Gasteiger partial charge in [-0.3, -0.25) is 0 Å². The molecule has 0 aliphatic rings. The van der Waals surface area contributed by atoms with E-state index >= 15 is 0 Å². The minimum absolute atomic E-state index is 0.107. The Labute approximate surface area is 124 Å². The third-order valence-electron chi connectivity index (χ3n) is 2.88. The van der Waals surface area contributed by atoms with Crippen LogP contribution in [-0.2, 0) is 10.0 Å². The van der Waals surface area contributed by atoms with Gasteiger partial charge in [0.2, 0.25) is 10.0 Å². The van der Waals surface area contributed by atoms with Crippen molar-refractivity contribution in [2.45, 2.75) is 38.1 Å². The Kier molecular flexibility index (Phi) is 5.61. The van der Waals surface area contributed by atoms with E-state index in [0.29, 0.717) is 12.0 Å². The Balaban J connectivity index is 3.19. The number of sulfonamides is 1. The number of thiocarbonyl (C=S) groups is 1. The smallest absolute Gasteiger partial charge is 0.243 e. The van der Waals surface area contributed by atoms with Crippen molar-refractivity contribution in [1.82, 2.24) is 4.31 Å². The summed E-state index contributed by atoms with van der Waals surface area (Å²) in [4.78, 5) is 0.372. The van der Waals surface area contributed by atoms with Crippen LogP contribution in [0.15, 0.2) is 23.1 Å². The first-order chi connectivity index (χ1) is 9.16. The van der Waals surface area contributed by atoms with Crippen molar-refractivity contribution in [2.75, 3.05) is 6.54 Å². The highest BCUT2D eigenvalue weighted by Crippen LogP contribution is 2.22. The van der Waals surface area contributed by atoms with Crippen molar-refractivity contribution in [3.63, 3.8) is 0 Å². The molecular weight excluding hydrogens is 299 g/mol. The summed E-state index contributed by atoms with van der Waals surface area (Å²) >= 11 is 4.79. The number of benzene rings is 1. The third-order valence-corrected chi connectivity index (χ3v) is 5.32. The zero-order valence-corrected chi connectivity index (χ0v) is 13.4. The van der Waals surface area contributed by atoms with E-state index in [1.807, 2.05) is 0 Å². The number of halogens is 1. The molecule has 0 aliphatic heterocycles. The molecule has 0 amide bonds. The molecule has 0 aromatic heterocycles. The summed E-state index contributed by atoms with van der Waals surface area (Å²) in [7, 11) is -3.69. The molecule has 7 heteroatoms. The molecule has 0 saturated heterocycles. The molecule has 0 radical (unpaired) electrons. The van der Waals surface area contributed by atoms with Crippen LogP contribution in [0.1, 0.15) is 25.8 Å². The highest BCUT2D eigenvalue weighted by molar-refractivity contribution is 7.89. The number of nitrogens with zero attached hydrogens (tertiary/aromatic N) is 1. The van der Waals surface area contributed by atoms with Crippen molar-refractivity contribution in [1.29, 1.82) is 0 Å². The SMILES string of the molecule is Cc1cc(F)ccc1S(=O)(=O)N(CCC(N)=S)C(C)C. The van der Waals surface area contributed by atoms with Crippen LogP contribution in [0.5, 0.6) is 0 Å². The molecule has 0 atom stereocenters. The van der Waals surface area contributed by atoms with E-state index in [1.54, 1.807) is 20.8 Å². The fraction of sp³-hybridized carbons (Fsp3) is 0.462. The molecule has 0 bridgehead atoms. The van der Waals surface area contributed by atoms with Gasteiger partial charge in [-0.2, -0.15) is 4.31 Å². The summed E-state index contributed by atoms with van der Waals surface area (Å²) in [6.45, 7) is 5.33. The molecule has 2 N–H and O–H groups in total. The van der Waals surface area contributed by atoms with Gasteiger partial charge in [0.15, 0.2) is 0 Å². The number of hydrogen-bond acceptors (Lipinski definition) is 3. The fourth-order valence-corrected chi connectivity index (χ4v) is 3.84. The lowest BCUT2D eigenvalue weighted by atomic mass is 10.2. The maximum atomic E-state index is 13.1. The average molecular weight is 318 g/mol. The average Bonchev–Trinajstić information content (AvgIpc) is 2.26. The quantitative estimate of drug-likeness (QED) is 0.817. The topological polar surface area (TPSA) is 63.4 Å². The molecule has 1 rings (SSSR count). The molecule has 0 saturated carbocycles. The van der Waals surface area contributed by atoms with Crippen molar-refractivity contribution in [3.05, 3.63) is 29.6 Å². The Hall–Kier alpha value is -1.05. The molecule has 0 unspecified atom stereocenters. The molecule has 20 heavy (non-hydrogen) atoms. The van der Waals surface area contributed by atoms with Crippen LogP contribution in [0.4, 0.5) is 4.39 Å². The Bertz CT molecular complexity index is 600. The van der Waals surface area contributed by atoms with E-state index in [-0.39, 0.29) is 22.5 Å². The van der Waals surface area contributed by atoms with E-state index < -0.39 is 15.8 Å². The number of nitrogens with two attached hydrogens (primary N) is 1. The molecular formula is C13H19FN2O2S2. The predicted molar refractivity (Wildman–Crippen MR) is 81.6 cm³/mol. The largest absolute Gasteiger partial charge is 0.393 e. The van der Waals surface area contributed by atoms with E-state index in [2.05, 4.69) is 0 Å². The van der Waals surface area contributed by atoms with Gasteiger partial charge in [0.05, 0.1) is 9.88 Å². The van der Waals surface area contributed by atoms with E-state index in [0.717, 1.165) is 6.07 Å². The molecule has 112 valence electrons. The van der Waals surface area contributed by atoms with Crippen LogP contribution in [0, 0.1) is 12.7 Å². The molecule has 0 aliphatic carbocycles. The monoisotopic (exact) mass is 318 g/mol.